The van der Waals surface area contributed by atoms with Gasteiger partial charge in [0.15, 0.2) is 0 Å². The van der Waals surface area contributed by atoms with Crippen molar-refractivity contribution < 1.29 is 4.79 Å². The minimum atomic E-state index is 0.0778. The van der Waals surface area contributed by atoms with Crippen molar-refractivity contribution in [1.82, 2.24) is 19.4 Å². The third kappa shape index (κ3) is 2.34. The van der Waals surface area contributed by atoms with Crippen LogP contribution in [0.15, 0.2) is 30.7 Å². The van der Waals surface area contributed by atoms with Gasteiger partial charge in [-0.15, -0.1) is 0 Å². The summed E-state index contributed by atoms with van der Waals surface area (Å²) in [6.45, 7) is 8.23. The first-order chi connectivity index (χ1) is 11.5. The molecule has 0 aliphatic carbocycles. The number of carbonyl (C=O) groups is 1. The number of fused-ring (bicyclic) bond motifs is 1. The van der Waals surface area contributed by atoms with Gasteiger partial charge in [0.1, 0.15) is 5.82 Å². The molecule has 2 atom stereocenters. The Labute approximate surface area is 142 Å². The lowest BCUT2D eigenvalue weighted by atomic mass is 9.71. The summed E-state index contributed by atoms with van der Waals surface area (Å²) in [7, 11) is 0. The van der Waals surface area contributed by atoms with Crippen molar-refractivity contribution >= 4 is 5.91 Å². The van der Waals surface area contributed by atoms with Gasteiger partial charge in [0.25, 0.3) is 0 Å². The van der Waals surface area contributed by atoms with Crippen LogP contribution in [-0.2, 0) is 17.8 Å². The number of imidazole rings is 1. The lowest BCUT2D eigenvalue weighted by Gasteiger charge is -2.55. The molecule has 4 heterocycles. The number of rotatable bonds is 2. The molecule has 1 saturated heterocycles. The van der Waals surface area contributed by atoms with Crippen LogP contribution in [-0.4, -0.2) is 31.9 Å². The molecule has 24 heavy (non-hydrogen) atoms. The molecule has 1 amide bonds. The Hall–Kier alpha value is -2.17. The number of hydrogen-bond donors (Lipinski definition) is 0. The molecule has 0 aromatic carbocycles. The third-order valence-electron chi connectivity index (χ3n) is 5.58. The Morgan fingerprint density at radius 3 is 2.75 bits per heavy atom. The molecule has 2 aliphatic rings. The largest absolute Gasteiger partial charge is 0.334 e. The predicted molar refractivity (Wildman–Crippen MR) is 91.2 cm³/mol. The molecule has 0 saturated carbocycles. The highest BCUT2D eigenvalue weighted by Gasteiger charge is 2.50. The average molecular weight is 324 g/mol. The standard InChI is InChI=1S/C19H24N4O/c1-13-21-11-16-10-15(6-9-22(13)16)18(24)23-12-19(2,3)17(23)14-4-7-20-8-5-14/h4-5,7-8,11,15,17H,6,9-10,12H2,1-3H3. The van der Waals surface area contributed by atoms with Crippen molar-refractivity contribution in [1.29, 1.82) is 0 Å². The molecule has 2 aromatic heterocycles. The van der Waals surface area contributed by atoms with Crippen LogP contribution >= 0.6 is 0 Å². The first-order valence-corrected chi connectivity index (χ1v) is 8.69. The Morgan fingerprint density at radius 1 is 1.29 bits per heavy atom. The smallest absolute Gasteiger partial charge is 0.226 e. The van der Waals surface area contributed by atoms with Crippen molar-refractivity contribution in [2.75, 3.05) is 6.54 Å². The first kappa shape index (κ1) is 15.4. The maximum Gasteiger partial charge on any atom is 0.226 e. The molecule has 2 unspecified atom stereocenters. The van der Waals surface area contributed by atoms with Crippen molar-refractivity contribution in [3.63, 3.8) is 0 Å². The highest BCUT2D eigenvalue weighted by atomic mass is 16.2. The number of amides is 1. The summed E-state index contributed by atoms with van der Waals surface area (Å²) in [5, 5.41) is 0. The van der Waals surface area contributed by atoms with Crippen LogP contribution in [0.1, 0.15) is 43.4 Å². The Balaban J connectivity index is 1.55. The summed E-state index contributed by atoms with van der Waals surface area (Å²) in [5.74, 6) is 1.42. The molecule has 5 nitrogen and oxygen atoms in total. The second-order valence-corrected chi connectivity index (χ2v) is 7.78. The molecule has 4 rings (SSSR count). The van der Waals surface area contributed by atoms with Gasteiger partial charge >= 0.3 is 0 Å². The highest BCUT2D eigenvalue weighted by molar-refractivity contribution is 5.81. The van der Waals surface area contributed by atoms with E-state index in [0.717, 1.165) is 31.8 Å². The minimum absolute atomic E-state index is 0.0778. The molecule has 126 valence electrons. The van der Waals surface area contributed by atoms with Crippen LogP contribution in [0.3, 0.4) is 0 Å². The predicted octanol–water partition coefficient (Wildman–Crippen LogP) is 2.76. The summed E-state index contributed by atoms with van der Waals surface area (Å²) in [5.41, 5.74) is 2.49. The average Bonchev–Trinajstić information content (AvgIpc) is 2.94. The van der Waals surface area contributed by atoms with Crippen LogP contribution in [0.5, 0.6) is 0 Å². The van der Waals surface area contributed by atoms with Gasteiger partial charge in [-0.3, -0.25) is 9.78 Å². The molecule has 2 aromatic rings. The van der Waals surface area contributed by atoms with E-state index in [1.165, 1.54) is 11.3 Å². The minimum Gasteiger partial charge on any atom is -0.334 e. The number of aryl methyl sites for hydroxylation is 1. The number of aromatic nitrogens is 3. The van der Waals surface area contributed by atoms with Crippen molar-refractivity contribution in [3.05, 3.63) is 47.8 Å². The van der Waals surface area contributed by atoms with E-state index in [1.54, 1.807) is 0 Å². The molecular formula is C19H24N4O. The molecule has 0 spiro atoms. The van der Waals surface area contributed by atoms with E-state index >= 15 is 0 Å². The van der Waals surface area contributed by atoms with E-state index in [1.807, 2.05) is 37.6 Å². The van der Waals surface area contributed by atoms with Gasteiger partial charge in [0.2, 0.25) is 5.91 Å². The lowest BCUT2D eigenvalue weighted by molar-refractivity contribution is -0.157. The molecular weight excluding hydrogens is 300 g/mol. The quantitative estimate of drug-likeness (QED) is 0.853. The van der Waals surface area contributed by atoms with E-state index in [2.05, 4.69) is 33.3 Å². The van der Waals surface area contributed by atoms with Gasteiger partial charge in [-0.25, -0.2) is 4.98 Å². The van der Waals surface area contributed by atoms with Gasteiger partial charge < -0.3 is 9.47 Å². The Kier molecular flexibility index (Phi) is 3.48. The number of nitrogens with zero attached hydrogens (tertiary/aromatic N) is 4. The highest BCUT2D eigenvalue weighted by Crippen LogP contribution is 2.49. The Morgan fingerprint density at radius 2 is 2.04 bits per heavy atom. The fourth-order valence-corrected chi connectivity index (χ4v) is 4.38. The molecule has 0 bridgehead atoms. The number of likely N-dealkylation sites (tertiary alicyclic amines) is 1. The summed E-state index contributed by atoms with van der Waals surface area (Å²) in [4.78, 5) is 23.7. The van der Waals surface area contributed by atoms with Crippen LogP contribution in [0.2, 0.25) is 0 Å². The third-order valence-corrected chi connectivity index (χ3v) is 5.58. The second-order valence-electron chi connectivity index (χ2n) is 7.78. The van der Waals surface area contributed by atoms with E-state index in [4.69, 9.17) is 0 Å². The summed E-state index contributed by atoms with van der Waals surface area (Å²) >= 11 is 0. The van der Waals surface area contributed by atoms with Crippen LogP contribution in [0, 0.1) is 18.3 Å². The number of carbonyl (C=O) groups excluding carboxylic acids is 1. The summed E-state index contributed by atoms with van der Waals surface area (Å²) < 4.78 is 2.24. The van der Waals surface area contributed by atoms with Crippen LogP contribution in [0.4, 0.5) is 0 Å². The van der Waals surface area contributed by atoms with Gasteiger partial charge in [-0.05, 0) is 31.0 Å². The van der Waals surface area contributed by atoms with Gasteiger partial charge in [0.05, 0.1) is 6.04 Å². The SMILES string of the molecule is Cc1ncc2n1CCC(C(=O)N1CC(C)(C)C1c1ccncc1)C2. The fraction of sp³-hybridized carbons (Fsp3) is 0.526. The van der Waals surface area contributed by atoms with E-state index in [0.29, 0.717) is 5.91 Å². The number of hydrogen-bond acceptors (Lipinski definition) is 3. The molecule has 0 N–H and O–H groups in total. The monoisotopic (exact) mass is 324 g/mol. The van der Waals surface area contributed by atoms with Gasteiger partial charge in [0, 0.05) is 55.1 Å². The van der Waals surface area contributed by atoms with Crippen molar-refractivity contribution in [2.24, 2.45) is 11.3 Å². The zero-order chi connectivity index (χ0) is 16.9. The maximum absolute atomic E-state index is 13.1. The first-order valence-electron chi connectivity index (χ1n) is 8.69. The molecule has 1 fully saturated rings. The Bertz CT molecular complexity index is 765. The molecule has 5 heteroatoms. The normalized spacial score (nSPS) is 25.0. The van der Waals surface area contributed by atoms with Crippen molar-refractivity contribution in [2.45, 2.75) is 46.2 Å². The van der Waals surface area contributed by atoms with E-state index in [-0.39, 0.29) is 17.4 Å². The van der Waals surface area contributed by atoms with Gasteiger partial charge in [-0.2, -0.15) is 0 Å². The van der Waals surface area contributed by atoms with Crippen molar-refractivity contribution in [3.8, 4) is 0 Å². The topological polar surface area (TPSA) is 51.0 Å². The molecule has 0 radical (unpaired) electrons. The van der Waals surface area contributed by atoms with E-state index < -0.39 is 0 Å². The maximum atomic E-state index is 13.1. The fourth-order valence-electron chi connectivity index (χ4n) is 4.38. The van der Waals surface area contributed by atoms with Gasteiger partial charge in [-0.1, -0.05) is 13.8 Å². The van der Waals surface area contributed by atoms with Crippen LogP contribution in [0.25, 0.3) is 0 Å². The summed E-state index contributed by atoms with van der Waals surface area (Å²) in [6.07, 6.45) is 7.26. The lowest BCUT2D eigenvalue weighted by Crippen LogP contribution is -2.59. The van der Waals surface area contributed by atoms with E-state index in [9.17, 15) is 4.79 Å². The molecule has 2 aliphatic heterocycles. The van der Waals surface area contributed by atoms with Crippen LogP contribution < -0.4 is 0 Å². The second kappa shape index (κ2) is 5.43. The zero-order valence-corrected chi connectivity index (χ0v) is 14.6. The number of pyridine rings is 1. The summed E-state index contributed by atoms with van der Waals surface area (Å²) in [6, 6.07) is 4.22. The zero-order valence-electron chi connectivity index (χ0n) is 14.6.